The van der Waals surface area contributed by atoms with Gasteiger partial charge in [0.15, 0.2) is 5.67 Å². The molecule has 0 aromatic carbocycles. The van der Waals surface area contributed by atoms with Gasteiger partial charge in [0.2, 0.25) is 5.91 Å². The lowest BCUT2D eigenvalue weighted by molar-refractivity contribution is -0.157. The fourth-order valence-electron chi connectivity index (χ4n) is 4.12. The second-order valence-electron chi connectivity index (χ2n) is 7.45. The first-order chi connectivity index (χ1) is 12.6. The summed E-state index contributed by atoms with van der Waals surface area (Å²) in [4.78, 5) is 30.7. The zero-order chi connectivity index (χ0) is 18.1. The molecule has 3 aliphatic rings. The molecule has 2 saturated heterocycles. The van der Waals surface area contributed by atoms with Gasteiger partial charge in [-0.3, -0.25) is 14.6 Å². The average Bonchev–Trinajstić information content (AvgIpc) is 3.07. The number of nitrogens with one attached hydrogen (secondary N) is 1. The predicted molar refractivity (Wildman–Crippen MR) is 91.8 cm³/mol. The van der Waals surface area contributed by atoms with Crippen molar-refractivity contribution in [3.05, 3.63) is 30.1 Å². The molecule has 0 spiro atoms. The van der Waals surface area contributed by atoms with Crippen molar-refractivity contribution in [2.24, 2.45) is 0 Å². The van der Waals surface area contributed by atoms with Crippen molar-refractivity contribution in [3.63, 3.8) is 0 Å². The zero-order valence-electron chi connectivity index (χ0n) is 14.7. The van der Waals surface area contributed by atoms with Gasteiger partial charge in [0, 0.05) is 12.7 Å². The van der Waals surface area contributed by atoms with E-state index in [1.807, 2.05) is 18.2 Å². The lowest BCUT2D eigenvalue weighted by atomic mass is 9.80. The number of pyridine rings is 1. The number of hydrogen-bond acceptors (Lipinski definition) is 4. The Bertz CT molecular complexity index is 680. The van der Waals surface area contributed by atoms with Crippen LogP contribution in [0.1, 0.15) is 44.2 Å². The third kappa shape index (κ3) is 3.20. The first-order valence-corrected chi connectivity index (χ1v) is 9.40. The Labute approximate surface area is 152 Å². The Morgan fingerprint density at radius 3 is 2.85 bits per heavy atom. The van der Waals surface area contributed by atoms with Crippen LogP contribution in [-0.2, 0) is 20.9 Å². The lowest BCUT2D eigenvalue weighted by Gasteiger charge is -2.40. The summed E-state index contributed by atoms with van der Waals surface area (Å²) < 4.78 is 20.4. The minimum absolute atomic E-state index is 0.101. The van der Waals surface area contributed by atoms with Crippen LogP contribution in [0, 0.1) is 0 Å². The van der Waals surface area contributed by atoms with Gasteiger partial charge in [-0.2, -0.15) is 0 Å². The van der Waals surface area contributed by atoms with E-state index in [9.17, 15) is 14.0 Å². The Morgan fingerprint density at radius 1 is 1.31 bits per heavy atom. The topological polar surface area (TPSA) is 71.5 Å². The van der Waals surface area contributed by atoms with Crippen LogP contribution in [0.2, 0.25) is 0 Å². The molecular weight excluding hydrogens is 337 g/mol. The Hall–Kier alpha value is -2.02. The average molecular weight is 361 g/mol. The third-order valence-corrected chi connectivity index (χ3v) is 5.80. The minimum Gasteiger partial charge on any atom is -0.363 e. The Kier molecular flexibility index (Phi) is 4.65. The maximum Gasteiger partial charge on any atom is 0.260 e. The van der Waals surface area contributed by atoms with Crippen molar-refractivity contribution >= 4 is 11.8 Å². The maximum atomic E-state index is 14.5. The summed E-state index contributed by atoms with van der Waals surface area (Å²) >= 11 is 0. The van der Waals surface area contributed by atoms with Crippen LogP contribution >= 0.6 is 0 Å². The third-order valence-electron chi connectivity index (χ3n) is 5.80. The van der Waals surface area contributed by atoms with Gasteiger partial charge in [-0.05, 0) is 50.7 Å². The van der Waals surface area contributed by atoms with Crippen LogP contribution < -0.4 is 5.32 Å². The SMILES string of the molecule is O=C(NCc1ccccn1)[C@@H]1CC[C@@H]2[C@@H](CCN2C(=O)C2(F)CCC2)O1. The number of fused-ring (bicyclic) bond motifs is 1. The number of likely N-dealkylation sites (tertiary alicyclic amines) is 1. The van der Waals surface area contributed by atoms with E-state index in [4.69, 9.17) is 4.74 Å². The zero-order valence-corrected chi connectivity index (χ0v) is 14.7. The van der Waals surface area contributed by atoms with E-state index in [1.54, 1.807) is 11.1 Å². The molecule has 3 atom stereocenters. The van der Waals surface area contributed by atoms with Crippen LogP contribution in [0.25, 0.3) is 0 Å². The van der Waals surface area contributed by atoms with E-state index < -0.39 is 11.8 Å². The van der Waals surface area contributed by atoms with Crippen molar-refractivity contribution in [1.82, 2.24) is 15.2 Å². The molecule has 140 valence electrons. The van der Waals surface area contributed by atoms with Crippen molar-refractivity contribution in [3.8, 4) is 0 Å². The summed E-state index contributed by atoms with van der Waals surface area (Å²) in [5, 5.41) is 2.86. The maximum absolute atomic E-state index is 14.5. The molecule has 26 heavy (non-hydrogen) atoms. The van der Waals surface area contributed by atoms with Gasteiger partial charge in [-0.1, -0.05) is 6.07 Å². The minimum atomic E-state index is -1.66. The molecule has 2 aliphatic heterocycles. The van der Waals surface area contributed by atoms with Crippen LogP contribution in [-0.4, -0.2) is 52.2 Å². The quantitative estimate of drug-likeness (QED) is 0.887. The first-order valence-electron chi connectivity index (χ1n) is 9.40. The molecule has 0 radical (unpaired) electrons. The van der Waals surface area contributed by atoms with Crippen molar-refractivity contribution in [1.29, 1.82) is 0 Å². The van der Waals surface area contributed by atoms with Crippen LogP contribution in [0.5, 0.6) is 0 Å². The van der Waals surface area contributed by atoms with E-state index in [1.165, 1.54) is 0 Å². The molecule has 4 rings (SSSR count). The number of ether oxygens (including phenoxy) is 1. The van der Waals surface area contributed by atoms with Crippen molar-refractivity contribution in [2.75, 3.05) is 6.54 Å². The van der Waals surface area contributed by atoms with E-state index >= 15 is 0 Å². The van der Waals surface area contributed by atoms with Crippen LogP contribution in [0.15, 0.2) is 24.4 Å². The molecule has 1 aromatic rings. The van der Waals surface area contributed by atoms with E-state index in [0.29, 0.717) is 45.2 Å². The fraction of sp³-hybridized carbons (Fsp3) is 0.632. The molecule has 3 fully saturated rings. The number of rotatable bonds is 4. The number of hydrogen-bond donors (Lipinski definition) is 1. The number of carbonyl (C=O) groups excluding carboxylic acids is 2. The molecule has 1 saturated carbocycles. The summed E-state index contributed by atoms with van der Waals surface area (Å²) in [5.74, 6) is -0.530. The van der Waals surface area contributed by atoms with Gasteiger partial charge in [0.25, 0.3) is 5.91 Å². The number of carbonyl (C=O) groups is 2. The van der Waals surface area contributed by atoms with E-state index in [2.05, 4.69) is 10.3 Å². The molecule has 2 amide bonds. The van der Waals surface area contributed by atoms with E-state index in [-0.39, 0.29) is 24.0 Å². The lowest BCUT2D eigenvalue weighted by Crippen LogP contribution is -2.55. The highest BCUT2D eigenvalue weighted by molar-refractivity contribution is 5.87. The highest BCUT2D eigenvalue weighted by Gasteiger charge is 2.52. The van der Waals surface area contributed by atoms with Gasteiger partial charge in [-0.15, -0.1) is 0 Å². The van der Waals surface area contributed by atoms with Gasteiger partial charge in [0.1, 0.15) is 6.10 Å². The van der Waals surface area contributed by atoms with Crippen LogP contribution in [0.4, 0.5) is 4.39 Å². The first kappa shape index (κ1) is 17.4. The smallest absolute Gasteiger partial charge is 0.260 e. The van der Waals surface area contributed by atoms with E-state index in [0.717, 1.165) is 12.1 Å². The number of halogens is 1. The molecule has 1 aliphatic carbocycles. The standard InChI is InChI=1S/C19H24FN3O3/c20-19(8-3-9-19)18(25)23-11-7-15-14(23)5-6-16(26-15)17(24)22-12-13-4-1-2-10-21-13/h1-2,4,10,14-16H,3,5-9,11-12H2,(H,22,24)/t14-,15-,16+/m1/s1. The van der Waals surface area contributed by atoms with Gasteiger partial charge < -0.3 is 15.0 Å². The van der Waals surface area contributed by atoms with Gasteiger partial charge in [-0.25, -0.2) is 4.39 Å². The van der Waals surface area contributed by atoms with Crippen molar-refractivity contribution < 1.29 is 18.7 Å². The monoisotopic (exact) mass is 361 g/mol. The Balaban J connectivity index is 1.31. The van der Waals surface area contributed by atoms with Gasteiger partial charge >= 0.3 is 0 Å². The van der Waals surface area contributed by atoms with Crippen molar-refractivity contribution in [2.45, 2.75) is 69.0 Å². The molecular formula is C19H24FN3O3. The molecule has 0 bridgehead atoms. The number of amides is 2. The summed E-state index contributed by atoms with van der Waals surface area (Å²) in [5.41, 5.74) is -0.868. The number of alkyl halides is 1. The molecule has 3 heterocycles. The fourth-order valence-corrected chi connectivity index (χ4v) is 4.12. The molecule has 1 aromatic heterocycles. The summed E-state index contributed by atoms with van der Waals surface area (Å²) in [6.07, 6.45) is 4.31. The highest BCUT2D eigenvalue weighted by Crippen LogP contribution is 2.41. The molecule has 7 heteroatoms. The summed E-state index contributed by atoms with van der Waals surface area (Å²) in [6, 6.07) is 5.45. The molecule has 1 N–H and O–H groups in total. The second-order valence-corrected chi connectivity index (χ2v) is 7.45. The Morgan fingerprint density at radius 2 is 2.15 bits per heavy atom. The second kappa shape index (κ2) is 6.95. The highest BCUT2D eigenvalue weighted by atomic mass is 19.1. The molecule has 6 nitrogen and oxygen atoms in total. The van der Waals surface area contributed by atoms with Gasteiger partial charge in [0.05, 0.1) is 24.4 Å². The number of nitrogens with zero attached hydrogens (tertiary/aromatic N) is 2. The normalized spacial score (nSPS) is 29.6. The number of aromatic nitrogens is 1. The summed E-state index contributed by atoms with van der Waals surface area (Å²) in [6.45, 7) is 0.880. The summed E-state index contributed by atoms with van der Waals surface area (Å²) in [7, 11) is 0. The largest absolute Gasteiger partial charge is 0.363 e. The molecule has 0 unspecified atom stereocenters. The predicted octanol–water partition coefficient (Wildman–Crippen LogP) is 1.74. The van der Waals surface area contributed by atoms with Crippen LogP contribution in [0.3, 0.4) is 0 Å².